The van der Waals surface area contributed by atoms with Gasteiger partial charge in [0.05, 0.1) is 12.1 Å². The van der Waals surface area contributed by atoms with Gasteiger partial charge in [-0.2, -0.15) is 39.5 Å². The fourth-order valence-electron chi connectivity index (χ4n) is 4.05. The van der Waals surface area contributed by atoms with Gasteiger partial charge in [-0.1, -0.05) is 30.3 Å². The molecule has 4 atom stereocenters. The number of rotatable bonds is 6. The summed E-state index contributed by atoms with van der Waals surface area (Å²) in [6.45, 7) is 0.326. The second-order valence-corrected chi connectivity index (χ2v) is 11.3. The summed E-state index contributed by atoms with van der Waals surface area (Å²) < 4.78 is 95.2. The fourth-order valence-corrected chi connectivity index (χ4v) is 4.05. The summed E-state index contributed by atoms with van der Waals surface area (Å²) >= 11 is 0. The Morgan fingerprint density at radius 2 is 1.26 bits per heavy atom. The minimum atomic E-state index is -5.08. The molecule has 0 saturated heterocycles. The smallest absolute Gasteiger partial charge is 0.490 e. The molecule has 3 rings (SSSR count). The molecule has 17 nitrogen and oxygen atoms in total. The van der Waals surface area contributed by atoms with Crippen LogP contribution in [0.3, 0.4) is 0 Å². The fraction of sp³-hybridized carbons (Fsp3) is 0.419. The van der Waals surface area contributed by atoms with Gasteiger partial charge in [-0.15, -0.1) is 0 Å². The lowest BCUT2D eigenvalue weighted by Crippen LogP contribution is -2.57. The maximum atomic E-state index is 13.2. The first kappa shape index (κ1) is 51.3. The van der Waals surface area contributed by atoms with Crippen LogP contribution in [0.4, 0.5) is 39.5 Å². The van der Waals surface area contributed by atoms with Crippen LogP contribution < -0.4 is 33.2 Å². The van der Waals surface area contributed by atoms with Gasteiger partial charge in [0.1, 0.15) is 17.8 Å². The highest BCUT2D eigenvalue weighted by atomic mass is 19.4. The van der Waals surface area contributed by atoms with E-state index in [1.807, 2.05) is 24.3 Å². The van der Waals surface area contributed by atoms with Crippen molar-refractivity contribution in [2.24, 2.45) is 17.2 Å². The maximum Gasteiger partial charge on any atom is 0.490 e. The number of carboxylic acids is 3. The lowest BCUT2D eigenvalue weighted by Gasteiger charge is -2.25. The lowest BCUT2D eigenvalue weighted by molar-refractivity contribution is -0.193. The number of halogens is 9. The largest absolute Gasteiger partial charge is 0.508 e. The summed E-state index contributed by atoms with van der Waals surface area (Å²) in [7, 11) is 0. The first-order valence-corrected chi connectivity index (χ1v) is 15.6. The zero-order chi connectivity index (χ0) is 44.5. The molecule has 57 heavy (non-hydrogen) atoms. The number of carbonyl (C=O) groups excluding carboxylic acids is 3. The molecule has 4 bridgehead atoms. The summed E-state index contributed by atoms with van der Waals surface area (Å²) in [5.41, 5.74) is 20.0. The van der Waals surface area contributed by atoms with Crippen LogP contribution in [0.1, 0.15) is 17.5 Å². The second-order valence-electron chi connectivity index (χ2n) is 11.3. The number of fused-ring (bicyclic) bond motifs is 5. The summed E-state index contributed by atoms with van der Waals surface area (Å²) in [5, 5.41) is 49.8. The number of phenolic OH excluding ortho intramolecular Hbond substituents is 1. The molecule has 320 valence electrons. The van der Waals surface area contributed by atoms with E-state index in [4.69, 9.17) is 46.9 Å². The quantitative estimate of drug-likeness (QED) is 0.173. The Bertz CT molecular complexity index is 1640. The number of aliphatic hydroxyl groups is 1. The number of benzene rings is 2. The Labute approximate surface area is 315 Å². The SMILES string of the molecule is NCCNC(=O)[C@@H]1Cc2cccc(c2)-c2ccc(O)c(c2)C[C@H](N)C(=O)N[C@@H](C[C@@H](O)CN)C(=O)N1.O=C(O)C(F)(F)F.O=C(O)C(F)(F)F.O=C(O)C(F)(F)F. The molecular weight excluding hydrogens is 803 g/mol. The van der Waals surface area contributed by atoms with E-state index in [9.17, 15) is 64.1 Å². The number of hydrogen-bond acceptors (Lipinski definition) is 11. The maximum absolute atomic E-state index is 13.2. The molecule has 0 radical (unpaired) electrons. The molecule has 2 aromatic rings. The van der Waals surface area contributed by atoms with Crippen LogP contribution in [0.25, 0.3) is 11.1 Å². The molecule has 1 aliphatic rings. The van der Waals surface area contributed by atoms with E-state index in [0.717, 1.165) is 16.7 Å². The molecule has 0 spiro atoms. The number of aliphatic carboxylic acids is 3. The topological polar surface area (TPSA) is 318 Å². The third kappa shape index (κ3) is 19.6. The number of phenols is 1. The number of hydrogen-bond donors (Lipinski definition) is 11. The van der Waals surface area contributed by atoms with Crippen LogP contribution in [-0.2, 0) is 41.6 Å². The van der Waals surface area contributed by atoms with Crippen LogP contribution in [0, 0.1) is 0 Å². The van der Waals surface area contributed by atoms with Gasteiger partial charge in [0.2, 0.25) is 17.7 Å². The zero-order valence-corrected chi connectivity index (χ0v) is 28.9. The van der Waals surface area contributed by atoms with Crippen molar-refractivity contribution in [1.29, 1.82) is 0 Å². The van der Waals surface area contributed by atoms with Crippen molar-refractivity contribution in [2.75, 3.05) is 19.6 Å². The van der Waals surface area contributed by atoms with E-state index < -0.39 is 78.4 Å². The van der Waals surface area contributed by atoms with Crippen LogP contribution >= 0.6 is 0 Å². The average Bonchev–Trinajstić information content (AvgIpc) is 3.10. The van der Waals surface area contributed by atoms with Crippen molar-refractivity contribution in [1.82, 2.24) is 16.0 Å². The van der Waals surface area contributed by atoms with Crippen LogP contribution in [0.5, 0.6) is 5.75 Å². The predicted molar refractivity (Wildman–Crippen MR) is 176 cm³/mol. The number of amides is 3. The molecule has 0 fully saturated rings. The molecule has 1 aliphatic heterocycles. The van der Waals surface area contributed by atoms with Crippen molar-refractivity contribution in [2.45, 2.75) is 62.0 Å². The van der Waals surface area contributed by atoms with Crippen molar-refractivity contribution in [3.8, 4) is 16.9 Å². The third-order valence-corrected chi connectivity index (χ3v) is 6.77. The van der Waals surface area contributed by atoms with Crippen LogP contribution in [-0.4, -0.2) is 124 Å². The molecular formula is C31H37F9N6O11. The van der Waals surface area contributed by atoms with E-state index >= 15 is 0 Å². The van der Waals surface area contributed by atoms with Crippen molar-refractivity contribution < 1.29 is 93.8 Å². The normalized spacial score (nSPS) is 17.7. The van der Waals surface area contributed by atoms with E-state index in [1.54, 1.807) is 12.1 Å². The molecule has 0 aromatic heterocycles. The van der Waals surface area contributed by atoms with Gasteiger partial charge in [0, 0.05) is 38.9 Å². The Kier molecular flexibility index (Phi) is 20.4. The molecule has 0 unspecified atom stereocenters. The Morgan fingerprint density at radius 3 is 1.72 bits per heavy atom. The van der Waals surface area contributed by atoms with E-state index in [1.165, 1.54) is 6.07 Å². The van der Waals surface area contributed by atoms with Crippen molar-refractivity contribution >= 4 is 35.6 Å². The van der Waals surface area contributed by atoms with Gasteiger partial charge in [0.25, 0.3) is 0 Å². The highest BCUT2D eigenvalue weighted by molar-refractivity contribution is 5.93. The lowest BCUT2D eigenvalue weighted by atomic mass is 9.96. The highest BCUT2D eigenvalue weighted by Crippen LogP contribution is 2.28. The van der Waals surface area contributed by atoms with E-state index in [0.29, 0.717) is 5.56 Å². The molecule has 26 heteroatoms. The average molecular weight is 841 g/mol. The number of aromatic hydroxyl groups is 1. The molecule has 0 aliphatic carbocycles. The zero-order valence-electron chi connectivity index (χ0n) is 28.9. The minimum Gasteiger partial charge on any atom is -0.508 e. The summed E-state index contributed by atoms with van der Waals surface area (Å²) in [4.78, 5) is 65.7. The number of alkyl halides is 9. The van der Waals surface area contributed by atoms with Gasteiger partial charge in [-0.05, 0) is 34.4 Å². The van der Waals surface area contributed by atoms with Gasteiger partial charge >= 0.3 is 36.4 Å². The number of carbonyl (C=O) groups is 6. The molecule has 3 amide bonds. The van der Waals surface area contributed by atoms with Gasteiger partial charge in [-0.3, -0.25) is 14.4 Å². The standard InChI is InChI=1S/C25H34N6O5.3C2HF3O2/c26-6-7-29-24(35)20-9-14-2-1-3-15(8-14)16-4-5-22(33)17(10-16)11-19(28)23(34)30-21(25(36)31-20)12-18(32)13-27;3*3-2(4,5)1(6)7/h1-5,8,10,18-21,32-33H,6-7,9,11-13,26-28H2,(H,29,35)(H,30,34)(H,31,36);3*(H,6,7)/t18-,19+,20+,21+;;;/m1.../s1. The molecule has 2 aromatic carbocycles. The predicted octanol–water partition coefficient (Wildman–Crippen LogP) is 0.139. The Hall–Kier alpha value is -5.73. The Morgan fingerprint density at radius 1 is 0.772 bits per heavy atom. The number of nitrogens with two attached hydrogens (primary N) is 3. The van der Waals surface area contributed by atoms with Gasteiger partial charge in [-0.25, -0.2) is 14.4 Å². The molecule has 1 heterocycles. The summed E-state index contributed by atoms with van der Waals surface area (Å²) in [6.07, 6.45) is -16.3. The summed E-state index contributed by atoms with van der Waals surface area (Å²) in [6, 6.07) is 9.25. The number of nitrogens with one attached hydrogen (secondary N) is 3. The second kappa shape index (κ2) is 22.7. The van der Waals surface area contributed by atoms with Crippen LogP contribution in [0.2, 0.25) is 0 Å². The van der Waals surface area contributed by atoms with Gasteiger partial charge < -0.3 is 58.7 Å². The highest BCUT2D eigenvalue weighted by Gasteiger charge is 2.39. The monoisotopic (exact) mass is 840 g/mol. The van der Waals surface area contributed by atoms with Gasteiger partial charge in [0.15, 0.2) is 0 Å². The first-order chi connectivity index (χ1) is 26.0. The number of aliphatic hydroxyl groups excluding tert-OH is 1. The van der Waals surface area contributed by atoms with E-state index in [2.05, 4.69) is 16.0 Å². The van der Waals surface area contributed by atoms with Crippen molar-refractivity contribution in [3.05, 3.63) is 53.6 Å². The first-order valence-electron chi connectivity index (χ1n) is 15.6. The third-order valence-electron chi connectivity index (χ3n) is 6.77. The van der Waals surface area contributed by atoms with Crippen LogP contribution in [0.15, 0.2) is 42.5 Å². The van der Waals surface area contributed by atoms with Crippen molar-refractivity contribution in [3.63, 3.8) is 0 Å². The number of carboxylic acid groups (broad SMARTS) is 3. The summed E-state index contributed by atoms with van der Waals surface area (Å²) in [5.74, 6) is -10.0. The Balaban J connectivity index is 0.00000121. The minimum absolute atomic E-state index is 0.00745. The molecule has 0 saturated carbocycles. The molecule has 14 N–H and O–H groups in total. The van der Waals surface area contributed by atoms with E-state index in [-0.39, 0.29) is 44.6 Å².